The molecule has 2 heterocycles. The SMILES string of the molecule is CCC(CC)N(CCN)c1nccc2c1ncn2C. The second-order valence-corrected chi connectivity index (χ2v) is 4.81. The Bertz CT molecular complexity index is 530. The molecule has 2 rings (SSSR count). The van der Waals surface area contributed by atoms with Gasteiger partial charge < -0.3 is 15.2 Å². The number of aromatic nitrogens is 3. The van der Waals surface area contributed by atoms with Crippen molar-refractivity contribution in [2.75, 3.05) is 18.0 Å². The first-order chi connectivity index (χ1) is 9.22. The fourth-order valence-corrected chi connectivity index (χ4v) is 2.59. The quantitative estimate of drug-likeness (QED) is 0.863. The van der Waals surface area contributed by atoms with E-state index in [9.17, 15) is 0 Å². The standard InChI is InChI=1S/C14H23N5/c1-4-11(5-2)19(9-7-15)14-13-12(6-8-16-14)18(3)10-17-13/h6,8,10-11H,4-5,7,9,15H2,1-3H3. The molecule has 0 bridgehead atoms. The topological polar surface area (TPSA) is 60.0 Å². The molecule has 0 amide bonds. The molecule has 0 atom stereocenters. The smallest absolute Gasteiger partial charge is 0.157 e. The van der Waals surface area contributed by atoms with E-state index in [0.717, 1.165) is 36.2 Å². The van der Waals surface area contributed by atoms with Crippen molar-refractivity contribution in [2.24, 2.45) is 12.8 Å². The van der Waals surface area contributed by atoms with Crippen LogP contribution in [0.5, 0.6) is 0 Å². The molecule has 104 valence electrons. The van der Waals surface area contributed by atoms with Crippen molar-refractivity contribution in [1.29, 1.82) is 0 Å². The maximum atomic E-state index is 5.77. The summed E-state index contributed by atoms with van der Waals surface area (Å²) in [6, 6.07) is 2.46. The molecule has 2 aromatic rings. The molecule has 0 spiro atoms. The first-order valence-electron chi connectivity index (χ1n) is 6.95. The lowest BCUT2D eigenvalue weighted by atomic mass is 10.1. The minimum Gasteiger partial charge on any atom is -0.351 e. The molecule has 0 radical (unpaired) electrons. The summed E-state index contributed by atoms with van der Waals surface area (Å²) in [5.41, 5.74) is 7.84. The van der Waals surface area contributed by atoms with Crippen LogP contribution in [-0.2, 0) is 7.05 Å². The Morgan fingerprint density at radius 3 is 2.68 bits per heavy atom. The van der Waals surface area contributed by atoms with Crippen LogP contribution in [0.1, 0.15) is 26.7 Å². The Kier molecular flexibility index (Phi) is 4.37. The zero-order valence-corrected chi connectivity index (χ0v) is 12.0. The molecule has 0 saturated carbocycles. The molecule has 0 aliphatic carbocycles. The van der Waals surface area contributed by atoms with Crippen molar-refractivity contribution in [1.82, 2.24) is 14.5 Å². The largest absolute Gasteiger partial charge is 0.351 e. The van der Waals surface area contributed by atoms with Gasteiger partial charge in [-0.2, -0.15) is 0 Å². The van der Waals surface area contributed by atoms with E-state index >= 15 is 0 Å². The molecule has 0 aromatic carbocycles. The van der Waals surface area contributed by atoms with Crippen LogP contribution in [-0.4, -0.2) is 33.7 Å². The lowest BCUT2D eigenvalue weighted by Gasteiger charge is -2.31. The maximum absolute atomic E-state index is 5.77. The van der Waals surface area contributed by atoms with E-state index in [1.165, 1.54) is 0 Å². The number of aryl methyl sites for hydroxylation is 1. The third-order valence-electron chi connectivity index (χ3n) is 3.65. The first-order valence-corrected chi connectivity index (χ1v) is 6.95. The highest BCUT2D eigenvalue weighted by Crippen LogP contribution is 2.25. The fraction of sp³-hybridized carbons (Fsp3) is 0.571. The number of rotatable bonds is 6. The summed E-state index contributed by atoms with van der Waals surface area (Å²) in [5, 5.41) is 0. The summed E-state index contributed by atoms with van der Waals surface area (Å²) < 4.78 is 2.02. The lowest BCUT2D eigenvalue weighted by molar-refractivity contribution is 0.555. The van der Waals surface area contributed by atoms with Gasteiger partial charge in [-0.1, -0.05) is 13.8 Å². The van der Waals surface area contributed by atoms with Gasteiger partial charge in [0, 0.05) is 32.4 Å². The minimum absolute atomic E-state index is 0.462. The number of nitrogens with zero attached hydrogens (tertiary/aromatic N) is 4. The molecule has 0 saturated heterocycles. The van der Waals surface area contributed by atoms with E-state index in [1.807, 2.05) is 30.2 Å². The van der Waals surface area contributed by atoms with Crippen molar-refractivity contribution in [3.8, 4) is 0 Å². The van der Waals surface area contributed by atoms with Crippen LogP contribution in [0.3, 0.4) is 0 Å². The van der Waals surface area contributed by atoms with Crippen LogP contribution in [0.25, 0.3) is 11.0 Å². The molecule has 0 fully saturated rings. The van der Waals surface area contributed by atoms with Crippen molar-refractivity contribution in [2.45, 2.75) is 32.7 Å². The summed E-state index contributed by atoms with van der Waals surface area (Å²) in [6.07, 6.45) is 5.86. The van der Waals surface area contributed by atoms with Gasteiger partial charge >= 0.3 is 0 Å². The number of nitrogens with two attached hydrogens (primary N) is 1. The second kappa shape index (κ2) is 6.02. The maximum Gasteiger partial charge on any atom is 0.157 e. The molecule has 5 heteroatoms. The third-order valence-corrected chi connectivity index (χ3v) is 3.65. The Hall–Kier alpha value is -1.62. The fourth-order valence-electron chi connectivity index (χ4n) is 2.59. The van der Waals surface area contributed by atoms with E-state index in [0.29, 0.717) is 12.6 Å². The molecule has 0 aliphatic heterocycles. The Balaban J connectivity index is 2.49. The van der Waals surface area contributed by atoms with Crippen LogP contribution in [0.4, 0.5) is 5.82 Å². The van der Waals surface area contributed by atoms with Gasteiger partial charge in [0.05, 0.1) is 11.8 Å². The van der Waals surface area contributed by atoms with E-state index in [2.05, 4.69) is 28.7 Å². The van der Waals surface area contributed by atoms with Gasteiger partial charge in [0.25, 0.3) is 0 Å². The predicted octanol–water partition coefficient (Wildman–Crippen LogP) is 1.92. The van der Waals surface area contributed by atoms with Gasteiger partial charge in [-0.3, -0.25) is 0 Å². The monoisotopic (exact) mass is 261 g/mol. The summed E-state index contributed by atoms with van der Waals surface area (Å²) in [7, 11) is 2.00. The molecule has 2 N–H and O–H groups in total. The highest BCUT2D eigenvalue weighted by atomic mass is 15.2. The number of hydrogen-bond donors (Lipinski definition) is 1. The molecular formula is C14H23N5. The molecule has 19 heavy (non-hydrogen) atoms. The third kappa shape index (κ3) is 2.56. The van der Waals surface area contributed by atoms with E-state index in [4.69, 9.17) is 5.73 Å². The van der Waals surface area contributed by atoms with E-state index in [-0.39, 0.29) is 0 Å². The summed E-state index contributed by atoms with van der Waals surface area (Å²) >= 11 is 0. The average Bonchev–Trinajstić information content (AvgIpc) is 2.81. The van der Waals surface area contributed by atoms with Crippen molar-refractivity contribution in [3.63, 3.8) is 0 Å². The van der Waals surface area contributed by atoms with Gasteiger partial charge in [0.2, 0.25) is 0 Å². The molecule has 5 nitrogen and oxygen atoms in total. The van der Waals surface area contributed by atoms with Gasteiger partial charge in [0.15, 0.2) is 5.82 Å². The van der Waals surface area contributed by atoms with Gasteiger partial charge in [-0.15, -0.1) is 0 Å². The van der Waals surface area contributed by atoms with Crippen LogP contribution in [0, 0.1) is 0 Å². The summed E-state index contributed by atoms with van der Waals surface area (Å²) in [5.74, 6) is 0.956. The zero-order chi connectivity index (χ0) is 13.8. The highest BCUT2D eigenvalue weighted by molar-refractivity contribution is 5.86. The normalized spacial score (nSPS) is 11.4. The van der Waals surface area contributed by atoms with Crippen LogP contribution >= 0.6 is 0 Å². The number of pyridine rings is 1. The minimum atomic E-state index is 0.462. The summed E-state index contributed by atoms with van der Waals surface area (Å²) in [6.45, 7) is 5.85. The van der Waals surface area contributed by atoms with Crippen LogP contribution < -0.4 is 10.6 Å². The molecule has 0 aliphatic rings. The zero-order valence-electron chi connectivity index (χ0n) is 12.0. The first kappa shape index (κ1) is 13.8. The van der Waals surface area contributed by atoms with Gasteiger partial charge in [-0.25, -0.2) is 9.97 Å². The van der Waals surface area contributed by atoms with Crippen LogP contribution in [0.2, 0.25) is 0 Å². The average molecular weight is 261 g/mol. The van der Waals surface area contributed by atoms with Crippen molar-refractivity contribution >= 4 is 16.9 Å². The van der Waals surface area contributed by atoms with Gasteiger partial charge in [0.1, 0.15) is 5.52 Å². The van der Waals surface area contributed by atoms with Crippen molar-refractivity contribution < 1.29 is 0 Å². The second-order valence-electron chi connectivity index (χ2n) is 4.81. The molecular weight excluding hydrogens is 238 g/mol. The Labute approximate surface area is 114 Å². The predicted molar refractivity (Wildman–Crippen MR) is 79.3 cm³/mol. The summed E-state index contributed by atoms with van der Waals surface area (Å²) in [4.78, 5) is 11.3. The number of anilines is 1. The van der Waals surface area contributed by atoms with Crippen LogP contribution in [0.15, 0.2) is 18.6 Å². The lowest BCUT2D eigenvalue weighted by Crippen LogP contribution is -2.39. The van der Waals surface area contributed by atoms with E-state index in [1.54, 1.807) is 0 Å². The van der Waals surface area contributed by atoms with E-state index < -0.39 is 0 Å². The Morgan fingerprint density at radius 1 is 1.32 bits per heavy atom. The number of fused-ring (bicyclic) bond motifs is 1. The van der Waals surface area contributed by atoms with Crippen molar-refractivity contribution in [3.05, 3.63) is 18.6 Å². The number of imidazole rings is 1. The number of hydrogen-bond acceptors (Lipinski definition) is 4. The Morgan fingerprint density at radius 2 is 2.05 bits per heavy atom. The van der Waals surface area contributed by atoms with Gasteiger partial charge in [-0.05, 0) is 18.9 Å². The highest BCUT2D eigenvalue weighted by Gasteiger charge is 2.19. The molecule has 0 unspecified atom stereocenters. The molecule has 2 aromatic heterocycles.